The van der Waals surface area contributed by atoms with E-state index in [1.54, 1.807) is 0 Å². The first kappa shape index (κ1) is 12.0. The number of nitrogens with zero attached hydrogens (tertiary/aromatic N) is 3. The first-order valence-corrected chi connectivity index (χ1v) is 5.44. The smallest absolute Gasteiger partial charge is 0.312 e. The lowest BCUT2D eigenvalue weighted by Gasteiger charge is -1.96. The lowest BCUT2D eigenvalue weighted by Crippen LogP contribution is -2.06. The SMILES string of the molecule is CCCC(=O)Oc1cn2cc([N+](=O)[O-])ccc2n1. The number of aromatic nitrogens is 2. The van der Waals surface area contributed by atoms with Crippen molar-refractivity contribution in [1.82, 2.24) is 9.38 Å². The molecule has 0 spiro atoms. The van der Waals surface area contributed by atoms with Crippen molar-refractivity contribution in [3.63, 3.8) is 0 Å². The van der Waals surface area contributed by atoms with Gasteiger partial charge in [-0.15, -0.1) is 0 Å². The van der Waals surface area contributed by atoms with Gasteiger partial charge in [-0.05, 0) is 12.5 Å². The summed E-state index contributed by atoms with van der Waals surface area (Å²) in [5, 5.41) is 10.6. The van der Waals surface area contributed by atoms with Crippen molar-refractivity contribution >= 4 is 17.3 Å². The number of nitro groups is 1. The van der Waals surface area contributed by atoms with Crippen molar-refractivity contribution in [2.24, 2.45) is 0 Å². The van der Waals surface area contributed by atoms with E-state index in [9.17, 15) is 14.9 Å². The molecule has 0 atom stereocenters. The molecule has 0 aliphatic carbocycles. The number of rotatable bonds is 4. The van der Waals surface area contributed by atoms with E-state index < -0.39 is 4.92 Å². The van der Waals surface area contributed by atoms with Gasteiger partial charge in [-0.3, -0.25) is 19.3 Å². The standard InChI is InChI=1S/C11H11N3O4/c1-2-3-11(15)18-10-7-13-6-8(14(16)17)4-5-9(13)12-10/h4-7H,2-3H2,1H3. The van der Waals surface area contributed by atoms with Crippen LogP contribution in [0.4, 0.5) is 5.69 Å². The first-order chi connectivity index (χ1) is 8.60. The van der Waals surface area contributed by atoms with E-state index in [0.29, 0.717) is 18.5 Å². The monoisotopic (exact) mass is 249 g/mol. The van der Waals surface area contributed by atoms with Crippen molar-refractivity contribution in [3.8, 4) is 5.88 Å². The molecule has 0 saturated heterocycles. The Morgan fingerprint density at radius 2 is 2.28 bits per heavy atom. The molecule has 0 aliphatic heterocycles. The van der Waals surface area contributed by atoms with Crippen molar-refractivity contribution < 1.29 is 14.5 Å². The second kappa shape index (κ2) is 4.82. The van der Waals surface area contributed by atoms with Crippen LogP contribution in [0.3, 0.4) is 0 Å². The fraction of sp³-hybridized carbons (Fsp3) is 0.273. The second-order valence-corrected chi connectivity index (χ2v) is 3.71. The summed E-state index contributed by atoms with van der Waals surface area (Å²) in [6, 6.07) is 2.84. The number of esters is 1. The van der Waals surface area contributed by atoms with Crippen LogP contribution in [0.25, 0.3) is 5.65 Å². The molecule has 0 N–H and O–H groups in total. The maximum atomic E-state index is 11.3. The van der Waals surface area contributed by atoms with E-state index in [2.05, 4.69) is 4.98 Å². The molecule has 2 rings (SSSR count). The summed E-state index contributed by atoms with van der Waals surface area (Å²) in [7, 11) is 0. The van der Waals surface area contributed by atoms with Crippen LogP contribution in [-0.2, 0) is 4.79 Å². The third-order valence-corrected chi connectivity index (χ3v) is 2.30. The van der Waals surface area contributed by atoms with Gasteiger partial charge in [-0.1, -0.05) is 6.92 Å². The highest BCUT2D eigenvalue weighted by Gasteiger charge is 2.11. The molecule has 0 fully saturated rings. The van der Waals surface area contributed by atoms with Crippen molar-refractivity contribution in [3.05, 3.63) is 34.6 Å². The molecule has 18 heavy (non-hydrogen) atoms. The van der Waals surface area contributed by atoms with Gasteiger partial charge in [0.1, 0.15) is 5.65 Å². The molecular weight excluding hydrogens is 238 g/mol. The van der Waals surface area contributed by atoms with Crippen LogP contribution in [0.5, 0.6) is 5.88 Å². The number of hydrogen-bond acceptors (Lipinski definition) is 5. The van der Waals surface area contributed by atoms with Gasteiger partial charge in [-0.2, -0.15) is 4.98 Å². The lowest BCUT2D eigenvalue weighted by molar-refractivity contribution is -0.385. The molecule has 0 radical (unpaired) electrons. The van der Waals surface area contributed by atoms with Gasteiger partial charge in [0.2, 0.25) is 5.88 Å². The molecule has 94 valence electrons. The van der Waals surface area contributed by atoms with Crippen LogP contribution in [-0.4, -0.2) is 20.3 Å². The van der Waals surface area contributed by atoms with Crippen molar-refractivity contribution in [2.75, 3.05) is 0 Å². The molecule has 2 aromatic rings. The van der Waals surface area contributed by atoms with Crippen LogP contribution >= 0.6 is 0 Å². The van der Waals surface area contributed by atoms with Gasteiger partial charge in [0, 0.05) is 12.5 Å². The number of fused-ring (bicyclic) bond motifs is 1. The Labute approximate surface area is 102 Å². The summed E-state index contributed by atoms with van der Waals surface area (Å²) in [6.45, 7) is 1.87. The zero-order valence-electron chi connectivity index (χ0n) is 9.70. The fourth-order valence-corrected chi connectivity index (χ4v) is 1.49. The number of hydrogen-bond donors (Lipinski definition) is 0. The molecule has 0 unspecified atom stereocenters. The van der Waals surface area contributed by atoms with E-state index in [1.165, 1.54) is 28.9 Å². The van der Waals surface area contributed by atoms with Crippen LogP contribution < -0.4 is 4.74 Å². The zero-order chi connectivity index (χ0) is 13.1. The largest absolute Gasteiger partial charge is 0.406 e. The molecule has 2 aromatic heterocycles. The molecule has 7 heteroatoms. The topological polar surface area (TPSA) is 86.7 Å². The fourth-order valence-electron chi connectivity index (χ4n) is 1.49. The van der Waals surface area contributed by atoms with Crippen molar-refractivity contribution in [2.45, 2.75) is 19.8 Å². The maximum Gasteiger partial charge on any atom is 0.312 e. The second-order valence-electron chi connectivity index (χ2n) is 3.71. The minimum atomic E-state index is -0.498. The van der Waals surface area contributed by atoms with Crippen LogP contribution in [0.15, 0.2) is 24.5 Å². The van der Waals surface area contributed by atoms with Crippen LogP contribution in [0, 0.1) is 10.1 Å². The van der Waals surface area contributed by atoms with E-state index in [1.807, 2.05) is 6.92 Å². The maximum absolute atomic E-state index is 11.3. The number of ether oxygens (including phenoxy) is 1. The van der Waals surface area contributed by atoms with Gasteiger partial charge in [0.05, 0.1) is 17.3 Å². The summed E-state index contributed by atoms with van der Waals surface area (Å²) in [4.78, 5) is 25.4. The van der Waals surface area contributed by atoms with E-state index >= 15 is 0 Å². The molecule has 0 amide bonds. The third kappa shape index (κ3) is 2.45. The molecule has 0 saturated carbocycles. The quantitative estimate of drug-likeness (QED) is 0.469. The van der Waals surface area contributed by atoms with Crippen LogP contribution in [0.2, 0.25) is 0 Å². The number of carbonyl (C=O) groups excluding carboxylic acids is 1. The first-order valence-electron chi connectivity index (χ1n) is 5.44. The highest BCUT2D eigenvalue weighted by molar-refractivity contribution is 5.72. The molecule has 7 nitrogen and oxygen atoms in total. The molecular formula is C11H11N3O4. The summed E-state index contributed by atoms with van der Waals surface area (Å²) < 4.78 is 6.45. The summed E-state index contributed by atoms with van der Waals surface area (Å²) >= 11 is 0. The molecule has 0 aromatic carbocycles. The molecule has 2 heterocycles. The van der Waals surface area contributed by atoms with Gasteiger partial charge >= 0.3 is 5.97 Å². The Balaban J connectivity index is 2.27. The average Bonchev–Trinajstić information content (AvgIpc) is 2.69. The van der Waals surface area contributed by atoms with E-state index in [4.69, 9.17) is 4.74 Å². The summed E-state index contributed by atoms with van der Waals surface area (Å²) in [6.07, 6.45) is 3.76. The highest BCUT2D eigenvalue weighted by atomic mass is 16.6. The Kier molecular flexibility index (Phi) is 3.22. The molecule has 0 aliphatic rings. The van der Waals surface area contributed by atoms with E-state index in [-0.39, 0.29) is 17.5 Å². The number of pyridine rings is 1. The Bertz CT molecular complexity index is 605. The average molecular weight is 249 g/mol. The minimum absolute atomic E-state index is 0.0497. The van der Waals surface area contributed by atoms with Gasteiger partial charge in [0.15, 0.2) is 0 Å². The van der Waals surface area contributed by atoms with Gasteiger partial charge in [-0.25, -0.2) is 0 Å². The number of carbonyl (C=O) groups is 1. The normalized spacial score (nSPS) is 10.5. The van der Waals surface area contributed by atoms with Gasteiger partial charge in [0.25, 0.3) is 5.69 Å². The molecule has 0 bridgehead atoms. The third-order valence-electron chi connectivity index (χ3n) is 2.30. The van der Waals surface area contributed by atoms with Crippen molar-refractivity contribution in [1.29, 1.82) is 0 Å². The highest BCUT2D eigenvalue weighted by Crippen LogP contribution is 2.17. The van der Waals surface area contributed by atoms with Gasteiger partial charge < -0.3 is 4.74 Å². The predicted molar refractivity (Wildman–Crippen MR) is 62.4 cm³/mol. The minimum Gasteiger partial charge on any atom is -0.406 e. The lowest BCUT2D eigenvalue weighted by atomic mass is 10.3. The Morgan fingerprint density at radius 3 is 2.94 bits per heavy atom. The zero-order valence-corrected chi connectivity index (χ0v) is 9.70. The predicted octanol–water partition coefficient (Wildman–Crippen LogP) is 1.95. The Hall–Kier alpha value is -2.44. The summed E-state index contributed by atoms with van der Waals surface area (Å²) in [5.74, 6) is -0.218. The van der Waals surface area contributed by atoms with Crippen LogP contribution in [0.1, 0.15) is 19.8 Å². The number of imidazole rings is 1. The van der Waals surface area contributed by atoms with E-state index in [0.717, 1.165) is 0 Å². The summed E-state index contributed by atoms with van der Waals surface area (Å²) in [5.41, 5.74) is 0.436. The Morgan fingerprint density at radius 1 is 1.50 bits per heavy atom.